The van der Waals surface area contributed by atoms with Crippen molar-refractivity contribution in [1.82, 2.24) is 0 Å². The van der Waals surface area contributed by atoms with Gasteiger partial charge in [0, 0.05) is 6.42 Å². The number of hydrogen-bond donors (Lipinski definition) is 0. The van der Waals surface area contributed by atoms with E-state index in [1.165, 1.54) is 19.3 Å². The summed E-state index contributed by atoms with van der Waals surface area (Å²) in [5.41, 5.74) is -0.307. The first-order valence-electron chi connectivity index (χ1n) is 6.90. The van der Waals surface area contributed by atoms with Gasteiger partial charge in [-0.15, -0.1) is 0 Å². The summed E-state index contributed by atoms with van der Waals surface area (Å²) in [7, 11) is 0. The number of Topliss-reactive ketones (excluding diaryl/α,β-unsaturated/α-hetero) is 1. The Hall–Kier alpha value is -0.370. The van der Waals surface area contributed by atoms with Crippen molar-refractivity contribution < 1.29 is 9.53 Å². The topological polar surface area (TPSA) is 29.6 Å². The molecule has 2 aliphatic rings. The van der Waals surface area contributed by atoms with Crippen molar-refractivity contribution in [3.8, 4) is 0 Å². The second-order valence-electron chi connectivity index (χ2n) is 5.61. The second kappa shape index (κ2) is 4.87. The summed E-state index contributed by atoms with van der Waals surface area (Å²) in [4.78, 5) is 12.1. The zero-order valence-electron chi connectivity index (χ0n) is 10.6. The van der Waals surface area contributed by atoms with E-state index >= 15 is 0 Å². The largest absolute Gasteiger partial charge is 0.358 e. The Bertz CT molecular complexity index is 261. The fourth-order valence-electron chi connectivity index (χ4n) is 2.93. The fourth-order valence-corrected chi connectivity index (χ4v) is 2.93. The monoisotopic (exact) mass is 224 g/mol. The maximum absolute atomic E-state index is 12.1. The average Bonchev–Trinajstić information content (AvgIpc) is 2.99. The zero-order valence-corrected chi connectivity index (χ0v) is 10.6. The van der Waals surface area contributed by atoms with Gasteiger partial charge in [-0.1, -0.05) is 33.1 Å². The number of ketones is 1. The van der Waals surface area contributed by atoms with Gasteiger partial charge in [-0.3, -0.25) is 4.79 Å². The van der Waals surface area contributed by atoms with Crippen LogP contribution < -0.4 is 0 Å². The highest BCUT2D eigenvalue weighted by Crippen LogP contribution is 2.50. The maximum atomic E-state index is 12.1. The van der Waals surface area contributed by atoms with Gasteiger partial charge in [-0.2, -0.15) is 0 Å². The van der Waals surface area contributed by atoms with Gasteiger partial charge in [0.2, 0.25) is 0 Å². The van der Waals surface area contributed by atoms with Crippen molar-refractivity contribution in [2.24, 2.45) is 5.92 Å². The number of epoxide rings is 1. The Morgan fingerprint density at radius 3 is 2.88 bits per heavy atom. The number of fused-ring (bicyclic) bond motifs is 1. The van der Waals surface area contributed by atoms with Gasteiger partial charge >= 0.3 is 0 Å². The van der Waals surface area contributed by atoms with Crippen LogP contribution in [0.15, 0.2) is 0 Å². The number of hydrogen-bond acceptors (Lipinski definition) is 2. The summed E-state index contributed by atoms with van der Waals surface area (Å²) in [6.45, 7) is 4.46. The predicted molar refractivity (Wildman–Crippen MR) is 64.4 cm³/mol. The van der Waals surface area contributed by atoms with Crippen molar-refractivity contribution in [2.45, 2.75) is 76.9 Å². The van der Waals surface area contributed by atoms with E-state index < -0.39 is 0 Å². The molecule has 2 nitrogen and oxygen atoms in total. The Morgan fingerprint density at radius 2 is 2.19 bits per heavy atom. The van der Waals surface area contributed by atoms with Crippen LogP contribution in [0.4, 0.5) is 0 Å². The summed E-state index contributed by atoms with van der Waals surface area (Å²) >= 11 is 0. The van der Waals surface area contributed by atoms with Crippen molar-refractivity contribution in [3.63, 3.8) is 0 Å². The van der Waals surface area contributed by atoms with Crippen LogP contribution in [0, 0.1) is 5.92 Å². The Kier molecular flexibility index (Phi) is 3.68. The molecule has 3 atom stereocenters. The SMILES string of the molecule is CCCCCCC(=O)C12CCC(C)CC1O2. The lowest BCUT2D eigenvalue weighted by molar-refractivity contribution is -0.124. The molecular formula is C14H24O2. The first kappa shape index (κ1) is 12.1. The van der Waals surface area contributed by atoms with E-state index in [2.05, 4.69) is 13.8 Å². The van der Waals surface area contributed by atoms with Gasteiger partial charge in [0.1, 0.15) is 0 Å². The van der Waals surface area contributed by atoms with E-state index in [9.17, 15) is 4.79 Å². The predicted octanol–water partition coefficient (Wildman–Crippen LogP) is 3.48. The van der Waals surface area contributed by atoms with Gasteiger partial charge in [0.05, 0.1) is 6.10 Å². The van der Waals surface area contributed by atoms with Crippen LogP contribution in [0.25, 0.3) is 0 Å². The van der Waals surface area contributed by atoms with Gasteiger partial charge in [-0.05, 0) is 31.6 Å². The quantitative estimate of drug-likeness (QED) is 0.510. The van der Waals surface area contributed by atoms with Crippen molar-refractivity contribution >= 4 is 5.78 Å². The summed E-state index contributed by atoms with van der Waals surface area (Å²) in [6.07, 6.45) is 8.99. The second-order valence-corrected chi connectivity index (χ2v) is 5.61. The van der Waals surface area contributed by atoms with Gasteiger partial charge in [0.25, 0.3) is 0 Å². The molecule has 1 saturated carbocycles. The highest BCUT2D eigenvalue weighted by atomic mass is 16.6. The minimum absolute atomic E-state index is 0.273. The molecule has 92 valence electrons. The van der Waals surface area contributed by atoms with Gasteiger partial charge in [0.15, 0.2) is 11.4 Å². The Labute approximate surface area is 98.7 Å². The number of ether oxygens (including phenoxy) is 1. The molecule has 1 aliphatic heterocycles. The molecule has 2 heteroatoms. The number of carbonyl (C=O) groups excluding carboxylic acids is 1. The summed E-state index contributed by atoms with van der Waals surface area (Å²) in [5, 5.41) is 0. The molecule has 3 unspecified atom stereocenters. The molecular weight excluding hydrogens is 200 g/mol. The van der Waals surface area contributed by atoms with Gasteiger partial charge in [-0.25, -0.2) is 0 Å². The number of unbranched alkanes of at least 4 members (excludes halogenated alkanes) is 3. The molecule has 1 saturated heterocycles. The molecule has 0 radical (unpaired) electrons. The van der Waals surface area contributed by atoms with Crippen LogP contribution in [-0.2, 0) is 9.53 Å². The highest BCUT2D eigenvalue weighted by Gasteiger charge is 2.62. The lowest BCUT2D eigenvalue weighted by Gasteiger charge is -2.20. The first-order chi connectivity index (χ1) is 7.69. The Balaban J connectivity index is 1.74. The molecule has 16 heavy (non-hydrogen) atoms. The lowest BCUT2D eigenvalue weighted by atomic mass is 9.80. The van der Waals surface area contributed by atoms with Crippen molar-refractivity contribution in [3.05, 3.63) is 0 Å². The molecule has 0 aromatic heterocycles. The van der Waals surface area contributed by atoms with E-state index in [1.54, 1.807) is 0 Å². The van der Waals surface area contributed by atoms with Crippen molar-refractivity contribution in [2.75, 3.05) is 0 Å². The number of rotatable bonds is 6. The minimum Gasteiger partial charge on any atom is -0.358 e. The van der Waals surface area contributed by atoms with E-state index in [-0.39, 0.29) is 11.7 Å². The molecule has 0 N–H and O–H groups in total. The molecule has 2 fully saturated rings. The van der Waals surface area contributed by atoms with E-state index in [4.69, 9.17) is 4.74 Å². The van der Waals surface area contributed by atoms with Crippen LogP contribution >= 0.6 is 0 Å². The normalized spacial score (nSPS) is 36.9. The van der Waals surface area contributed by atoms with Gasteiger partial charge < -0.3 is 4.74 Å². The third kappa shape index (κ3) is 2.32. The molecule has 0 aromatic rings. The van der Waals surface area contributed by atoms with E-state index in [0.29, 0.717) is 5.78 Å². The summed E-state index contributed by atoms with van der Waals surface area (Å²) in [5.74, 6) is 1.13. The standard InChI is InChI=1S/C14H24O2/c1-3-4-5-6-7-12(15)14-9-8-11(2)10-13(14)16-14/h11,13H,3-10H2,1-2H3. The third-order valence-electron chi connectivity index (χ3n) is 4.17. The van der Waals surface area contributed by atoms with E-state index in [1.807, 2.05) is 0 Å². The summed E-state index contributed by atoms with van der Waals surface area (Å²) in [6, 6.07) is 0. The molecule has 1 heterocycles. The van der Waals surface area contributed by atoms with Crippen LogP contribution in [0.1, 0.15) is 65.2 Å². The minimum atomic E-state index is -0.307. The molecule has 0 aromatic carbocycles. The molecule has 2 rings (SSSR count). The maximum Gasteiger partial charge on any atom is 0.167 e. The van der Waals surface area contributed by atoms with Crippen LogP contribution in [0.5, 0.6) is 0 Å². The molecule has 0 bridgehead atoms. The van der Waals surface area contributed by atoms with Crippen molar-refractivity contribution in [1.29, 1.82) is 0 Å². The zero-order chi connectivity index (χ0) is 11.6. The molecule has 1 aliphatic carbocycles. The highest BCUT2D eigenvalue weighted by molar-refractivity contribution is 5.90. The Morgan fingerprint density at radius 1 is 1.38 bits per heavy atom. The molecule has 0 spiro atoms. The van der Waals surface area contributed by atoms with E-state index in [0.717, 1.165) is 38.0 Å². The fraction of sp³-hybridized carbons (Fsp3) is 0.929. The average molecular weight is 224 g/mol. The lowest BCUT2D eigenvalue weighted by Crippen LogP contribution is -2.31. The van der Waals surface area contributed by atoms with Crippen LogP contribution in [0.2, 0.25) is 0 Å². The van der Waals surface area contributed by atoms with Crippen LogP contribution in [0.3, 0.4) is 0 Å². The third-order valence-corrected chi connectivity index (χ3v) is 4.17. The van der Waals surface area contributed by atoms with Crippen LogP contribution in [-0.4, -0.2) is 17.5 Å². The first-order valence-corrected chi connectivity index (χ1v) is 6.90. The smallest absolute Gasteiger partial charge is 0.167 e. The number of carbonyl (C=O) groups is 1. The summed E-state index contributed by atoms with van der Waals surface area (Å²) < 4.78 is 5.71. The molecule has 0 amide bonds.